The van der Waals surface area contributed by atoms with Crippen LogP contribution in [0.2, 0.25) is 0 Å². The first-order valence-electron chi connectivity index (χ1n) is 22.9. The molecule has 0 aromatic carbocycles. The number of ether oxygens (including phenoxy) is 1. The lowest BCUT2D eigenvalue weighted by Gasteiger charge is -2.24. The van der Waals surface area contributed by atoms with Gasteiger partial charge in [0.05, 0.1) is 25.2 Å². The van der Waals surface area contributed by atoms with Crippen molar-refractivity contribution in [1.82, 2.24) is 5.32 Å². The summed E-state index contributed by atoms with van der Waals surface area (Å²) in [5.74, 6) is -0.494. The number of aliphatic hydroxyl groups excluding tert-OH is 2. The maximum Gasteiger partial charge on any atom is 0.306 e. The van der Waals surface area contributed by atoms with Crippen LogP contribution in [-0.4, -0.2) is 46.9 Å². The molecular weight excluding hydrogens is 647 g/mol. The molecule has 0 radical (unpaired) electrons. The van der Waals surface area contributed by atoms with Gasteiger partial charge in [0.15, 0.2) is 0 Å². The Morgan fingerprint density at radius 3 is 1.40 bits per heavy atom. The number of hydrogen-bond donors (Lipinski definition) is 3. The maximum atomic E-state index is 13.1. The Labute approximate surface area is 323 Å². The van der Waals surface area contributed by atoms with Crippen molar-refractivity contribution in [2.75, 3.05) is 6.61 Å². The van der Waals surface area contributed by atoms with Gasteiger partial charge in [-0.25, -0.2) is 0 Å². The van der Waals surface area contributed by atoms with Crippen LogP contribution in [-0.2, 0) is 14.3 Å². The van der Waals surface area contributed by atoms with Crippen molar-refractivity contribution < 1.29 is 24.5 Å². The number of hydrogen-bond acceptors (Lipinski definition) is 5. The molecule has 308 valence electrons. The maximum absolute atomic E-state index is 13.1. The molecule has 0 rings (SSSR count). The van der Waals surface area contributed by atoms with Crippen LogP contribution in [0.1, 0.15) is 245 Å². The minimum Gasteiger partial charge on any atom is -0.462 e. The van der Waals surface area contributed by atoms with Gasteiger partial charge in [-0.05, 0) is 44.9 Å². The molecule has 0 heterocycles. The van der Waals surface area contributed by atoms with Crippen molar-refractivity contribution in [2.24, 2.45) is 0 Å². The molecular formula is C46H89NO5. The Morgan fingerprint density at radius 2 is 0.942 bits per heavy atom. The molecule has 6 nitrogen and oxygen atoms in total. The second-order valence-electron chi connectivity index (χ2n) is 15.8. The Morgan fingerprint density at radius 1 is 0.538 bits per heavy atom. The van der Waals surface area contributed by atoms with Gasteiger partial charge >= 0.3 is 5.97 Å². The zero-order chi connectivity index (χ0) is 38.2. The van der Waals surface area contributed by atoms with E-state index in [-0.39, 0.29) is 24.9 Å². The van der Waals surface area contributed by atoms with Crippen LogP contribution in [0, 0.1) is 0 Å². The molecule has 0 bridgehead atoms. The van der Waals surface area contributed by atoms with E-state index in [0.717, 1.165) is 57.8 Å². The Hall–Kier alpha value is -1.40. The summed E-state index contributed by atoms with van der Waals surface area (Å²) in [6, 6.07) is -0.701. The number of amides is 1. The predicted octanol–water partition coefficient (Wildman–Crippen LogP) is 13.0. The third-order valence-electron chi connectivity index (χ3n) is 10.6. The third-order valence-corrected chi connectivity index (χ3v) is 10.6. The number of carbonyl (C=O) groups is 2. The molecule has 0 aliphatic carbocycles. The van der Waals surface area contributed by atoms with Crippen molar-refractivity contribution in [1.29, 1.82) is 0 Å². The van der Waals surface area contributed by atoms with Gasteiger partial charge < -0.3 is 20.3 Å². The minimum atomic E-state index is -0.786. The van der Waals surface area contributed by atoms with Gasteiger partial charge in [0, 0.05) is 6.42 Å². The zero-order valence-electron chi connectivity index (χ0n) is 35.0. The van der Waals surface area contributed by atoms with Crippen LogP contribution >= 0.6 is 0 Å². The highest BCUT2D eigenvalue weighted by molar-refractivity contribution is 5.77. The minimum absolute atomic E-state index is 0.0627. The van der Waals surface area contributed by atoms with Crippen molar-refractivity contribution in [3.05, 3.63) is 12.2 Å². The van der Waals surface area contributed by atoms with Crippen LogP contribution in [0.3, 0.4) is 0 Å². The number of carbonyl (C=O) groups excluding carboxylic acids is 2. The lowest BCUT2D eigenvalue weighted by atomic mass is 10.0. The summed E-state index contributed by atoms with van der Waals surface area (Å²) in [5.41, 5.74) is 0. The third kappa shape index (κ3) is 35.6. The molecule has 0 aliphatic heterocycles. The second kappa shape index (κ2) is 40.8. The zero-order valence-corrected chi connectivity index (χ0v) is 35.0. The Bertz CT molecular complexity index is 787. The normalized spacial score (nSPS) is 13.4. The molecule has 0 aliphatic rings. The molecule has 52 heavy (non-hydrogen) atoms. The highest BCUT2D eigenvalue weighted by Gasteiger charge is 2.24. The first kappa shape index (κ1) is 50.6. The van der Waals surface area contributed by atoms with E-state index in [2.05, 4.69) is 38.2 Å². The fraction of sp³-hybridized carbons (Fsp3) is 0.913. The smallest absolute Gasteiger partial charge is 0.306 e. The summed E-state index contributed by atoms with van der Waals surface area (Å²) in [4.78, 5) is 25.9. The van der Waals surface area contributed by atoms with E-state index in [1.807, 2.05) is 0 Å². The van der Waals surface area contributed by atoms with Crippen LogP contribution < -0.4 is 5.32 Å². The van der Waals surface area contributed by atoms with Crippen molar-refractivity contribution in [3.63, 3.8) is 0 Å². The van der Waals surface area contributed by atoms with Gasteiger partial charge in [-0.15, -0.1) is 0 Å². The highest BCUT2D eigenvalue weighted by atomic mass is 16.5. The lowest BCUT2D eigenvalue weighted by Crippen LogP contribution is -2.46. The quantitative estimate of drug-likeness (QED) is 0.0330. The van der Waals surface area contributed by atoms with Crippen molar-refractivity contribution >= 4 is 11.9 Å². The fourth-order valence-electron chi connectivity index (χ4n) is 7.08. The summed E-state index contributed by atoms with van der Waals surface area (Å²) >= 11 is 0. The Kier molecular flexibility index (Phi) is 39.7. The number of aliphatic hydroxyl groups is 2. The van der Waals surface area contributed by atoms with Gasteiger partial charge in [-0.2, -0.15) is 0 Å². The van der Waals surface area contributed by atoms with E-state index in [1.54, 1.807) is 0 Å². The number of allylic oxidation sites excluding steroid dienone is 2. The summed E-state index contributed by atoms with van der Waals surface area (Å²) < 4.78 is 5.88. The molecule has 0 aromatic rings. The number of unbranched alkanes of at least 4 members (excludes halogenated alkanes) is 27. The number of esters is 1. The van der Waals surface area contributed by atoms with E-state index in [0.29, 0.717) is 19.3 Å². The van der Waals surface area contributed by atoms with E-state index in [9.17, 15) is 19.8 Å². The average molecular weight is 736 g/mol. The number of nitrogens with one attached hydrogen (secondary N) is 1. The van der Waals surface area contributed by atoms with E-state index < -0.39 is 18.2 Å². The molecule has 3 N–H and O–H groups in total. The largest absolute Gasteiger partial charge is 0.462 e. The first-order valence-corrected chi connectivity index (χ1v) is 22.9. The van der Waals surface area contributed by atoms with E-state index in [4.69, 9.17) is 4.74 Å². The first-order chi connectivity index (χ1) is 25.5. The molecule has 3 atom stereocenters. The fourth-order valence-corrected chi connectivity index (χ4v) is 7.08. The molecule has 0 saturated carbocycles. The van der Waals surface area contributed by atoms with Gasteiger partial charge in [0.2, 0.25) is 5.91 Å². The van der Waals surface area contributed by atoms with E-state index in [1.165, 1.54) is 141 Å². The topological polar surface area (TPSA) is 95.9 Å². The van der Waals surface area contributed by atoms with Crippen LogP contribution in [0.5, 0.6) is 0 Å². The number of rotatable bonds is 41. The summed E-state index contributed by atoms with van der Waals surface area (Å²) in [6.07, 6.45) is 42.7. The molecule has 0 aromatic heterocycles. The molecule has 0 fully saturated rings. The van der Waals surface area contributed by atoms with Crippen LogP contribution in [0.15, 0.2) is 12.2 Å². The summed E-state index contributed by atoms with van der Waals surface area (Å²) in [6.45, 7) is 6.45. The average Bonchev–Trinajstić information content (AvgIpc) is 3.13. The Balaban J connectivity index is 4.61. The van der Waals surface area contributed by atoms with Crippen molar-refractivity contribution in [3.8, 4) is 0 Å². The van der Waals surface area contributed by atoms with Crippen molar-refractivity contribution in [2.45, 2.75) is 264 Å². The standard InChI is InChI=1S/C46H89NO5/c1-4-7-10-13-16-19-22-24-25-28-31-34-37-42(52-46(51)39-36-33-30-27-23-20-17-14-11-8-5-2)40-45(50)47-43(41-48)44(49)38-35-32-29-26-21-18-15-12-9-6-3/h25,28,42-44,48-49H,4-24,26-27,29-41H2,1-3H3,(H,47,50)/b28-25-. The molecule has 1 amide bonds. The van der Waals surface area contributed by atoms with Gasteiger partial charge in [-0.1, -0.05) is 200 Å². The molecule has 0 saturated heterocycles. The van der Waals surface area contributed by atoms with E-state index >= 15 is 0 Å². The monoisotopic (exact) mass is 736 g/mol. The molecule has 6 heteroatoms. The van der Waals surface area contributed by atoms with Gasteiger partial charge in [0.25, 0.3) is 0 Å². The second-order valence-corrected chi connectivity index (χ2v) is 15.8. The predicted molar refractivity (Wildman–Crippen MR) is 223 cm³/mol. The summed E-state index contributed by atoms with van der Waals surface area (Å²) in [7, 11) is 0. The summed E-state index contributed by atoms with van der Waals surface area (Å²) in [5, 5.41) is 23.6. The SMILES string of the molecule is CCCCCCCCC/C=C\CCCC(CC(=O)NC(CO)C(O)CCCCCCCCCCCC)OC(=O)CCCCCCCCCCCCC. The highest BCUT2D eigenvalue weighted by Crippen LogP contribution is 2.17. The van der Waals surface area contributed by atoms with Gasteiger partial charge in [0.1, 0.15) is 6.10 Å². The lowest BCUT2D eigenvalue weighted by molar-refractivity contribution is -0.151. The van der Waals surface area contributed by atoms with Crippen LogP contribution in [0.4, 0.5) is 0 Å². The van der Waals surface area contributed by atoms with Gasteiger partial charge in [-0.3, -0.25) is 9.59 Å². The molecule has 0 spiro atoms. The van der Waals surface area contributed by atoms with Crippen LogP contribution in [0.25, 0.3) is 0 Å². The molecule has 3 unspecified atom stereocenters.